The molecule has 2 aromatic carbocycles. The van der Waals surface area contributed by atoms with Crippen molar-refractivity contribution in [1.29, 1.82) is 0 Å². The number of nitrogens with zero attached hydrogens (tertiary/aromatic N) is 1. The first-order chi connectivity index (χ1) is 19.3. The molecule has 0 saturated carbocycles. The average Bonchev–Trinajstić information content (AvgIpc) is 2.77. The Hall–Kier alpha value is -2.99. The van der Waals surface area contributed by atoms with Crippen LogP contribution in [-0.4, -0.2) is 54.3 Å². The number of hydrogen-bond donors (Lipinski definition) is 1. The lowest BCUT2D eigenvalue weighted by Crippen LogP contribution is -2.50. The Kier molecular flexibility index (Phi) is 11.7. The molecule has 1 amide bonds. The second kappa shape index (κ2) is 14.8. The summed E-state index contributed by atoms with van der Waals surface area (Å²) in [4.78, 5) is 35.9. The first-order valence-electron chi connectivity index (χ1n) is 15.1. The molecule has 6 nitrogen and oxygen atoms in total. The lowest BCUT2D eigenvalue weighted by molar-refractivity contribution is -0.118. The van der Waals surface area contributed by atoms with E-state index in [4.69, 9.17) is 4.74 Å². The monoisotopic (exact) mass is 562 g/mol. The van der Waals surface area contributed by atoms with Crippen molar-refractivity contribution in [2.75, 3.05) is 26.2 Å². The molecule has 2 aliphatic rings. The van der Waals surface area contributed by atoms with E-state index in [2.05, 4.69) is 67.7 Å². The number of carbonyl (C=O) groups excluding carboxylic acids is 3. The maximum Gasteiger partial charge on any atom is 0.410 e. The number of rotatable bonds is 10. The molecule has 2 heterocycles. The third-order valence-electron chi connectivity index (χ3n) is 7.66. The Morgan fingerprint density at radius 1 is 0.780 bits per heavy atom. The first-order valence-corrected chi connectivity index (χ1v) is 15.1. The highest BCUT2D eigenvalue weighted by atomic mass is 16.6. The molecule has 0 radical (unpaired) electrons. The van der Waals surface area contributed by atoms with Crippen LogP contribution in [0.5, 0.6) is 0 Å². The van der Waals surface area contributed by atoms with E-state index < -0.39 is 5.60 Å². The molecule has 0 aliphatic carbocycles. The number of benzene rings is 2. The zero-order valence-electron chi connectivity index (χ0n) is 26.2. The standard InChI is InChI=1S/C20H29NO3.C15H21NO/c1-14(10-15(2)22)11-16-6-8-17(9-7-16)18-12-21(13-18)19(23)24-20(3,4)5;1-11(7-12(2)17)8-13-3-5-14(6-4-13)15-9-16-10-15/h6-9,14,18H,10-13H2,1-5H3;3-6,11,15-16H,7-10H2,1-2H3. The molecule has 2 atom stereocenters. The Balaban J connectivity index is 0.000000239. The second-order valence-corrected chi connectivity index (χ2v) is 13.4. The first kappa shape index (κ1) is 32.5. The van der Waals surface area contributed by atoms with Crippen molar-refractivity contribution in [3.05, 3.63) is 70.8 Å². The van der Waals surface area contributed by atoms with Crippen molar-refractivity contribution in [2.24, 2.45) is 11.8 Å². The molecular formula is C35H50N2O4. The second-order valence-electron chi connectivity index (χ2n) is 13.4. The zero-order valence-corrected chi connectivity index (χ0v) is 26.2. The van der Waals surface area contributed by atoms with Crippen LogP contribution in [0.3, 0.4) is 0 Å². The van der Waals surface area contributed by atoms with E-state index in [0.29, 0.717) is 36.5 Å². The zero-order chi connectivity index (χ0) is 30.2. The van der Waals surface area contributed by atoms with Crippen LogP contribution in [0.2, 0.25) is 0 Å². The van der Waals surface area contributed by atoms with Crippen LogP contribution in [0.4, 0.5) is 4.79 Å². The Bertz CT molecular complexity index is 1140. The van der Waals surface area contributed by atoms with Gasteiger partial charge in [-0.25, -0.2) is 4.79 Å². The van der Waals surface area contributed by atoms with Gasteiger partial charge in [0.2, 0.25) is 0 Å². The smallest absolute Gasteiger partial charge is 0.410 e. The molecule has 2 aliphatic heterocycles. The number of likely N-dealkylation sites (tertiary alicyclic amines) is 1. The SMILES string of the molecule is CC(=O)CC(C)Cc1ccc(C2CN(C(=O)OC(C)(C)C)C2)cc1.CC(=O)CC(C)Cc1ccc(C2CNC2)cc1. The Labute approximate surface area is 247 Å². The van der Waals surface area contributed by atoms with E-state index in [0.717, 1.165) is 39.0 Å². The van der Waals surface area contributed by atoms with Crippen LogP contribution in [-0.2, 0) is 27.2 Å². The molecule has 4 rings (SSSR count). The molecule has 224 valence electrons. The molecular weight excluding hydrogens is 512 g/mol. The summed E-state index contributed by atoms with van der Waals surface area (Å²) in [6, 6.07) is 17.5. The van der Waals surface area contributed by atoms with E-state index >= 15 is 0 Å². The molecule has 2 aromatic rings. The van der Waals surface area contributed by atoms with Gasteiger partial charge in [-0.1, -0.05) is 62.4 Å². The summed E-state index contributed by atoms with van der Waals surface area (Å²) >= 11 is 0. The Morgan fingerprint density at radius 3 is 1.54 bits per heavy atom. The summed E-state index contributed by atoms with van der Waals surface area (Å²) in [7, 11) is 0. The number of amides is 1. The number of Topliss-reactive ketones (excluding diaryl/α,β-unsaturated/α-hetero) is 2. The van der Waals surface area contributed by atoms with E-state index in [9.17, 15) is 14.4 Å². The van der Waals surface area contributed by atoms with Crippen LogP contribution in [0, 0.1) is 11.8 Å². The largest absolute Gasteiger partial charge is 0.444 e. The van der Waals surface area contributed by atoms with Crippen molar-refractivity contribution in [2.45, 2.75) is 91.6 Å². The molecule has 0 bridgehead atoms. The fourth-order valence-corrected chi connectivity index (χ4v) is 5.47. The molecule has 2 saturated heterocycles. The molecule has 6 heteroatoms. The summed E-state index contributed by atoms with van der Waals surface area (Å²) in [5.41, 5.74) is 4.86. The number of hydrogen-bond acceptors (Lipinski definition) is 5. The third-order valence-corrected chi connectivity index (χ3v) is 7.66. The normalized spacial score (nSPS) is 16.9. The van der Waals surface area contributed by atoms with Crippen LogP contribution < -0.4 is 5.32 Å². The quantitative estimate of drug-likeness (QED) is 0.348. The van der Waals surface area contributed by atoms with Crippen molar-refractivity contribution in [3.8, 4) is 0 Å². The summed E-state index contributed by atoms with van der Waals surface area (Å²) in [6.07, 6.45) is 3.02. The third kappa shape index (κ3) is 11.1. The molecule has 2 fully saturated rings. The van der Waals surface area contributed by atoms with Gasteiger partial charge in [0, 0.05) is 50.9 Å². The van der Waals surface area contributed by atoms with Gasteiger partial charge >= 0.3 is 6.09 Å². The minimum atomic E-state index is -0.444. The van der Waals surface area contributed by atoms with Gasteiger partial charge in [0.1, 0.15) is 17.2 Å². The average molecular weight is 563 g/mol. The van der Waals surface area contributed by atoms with Crippen molar-refractivity contribution >= 4 is 17.7 Å². The fourth-order valence-electron chi connectivity index (χ4n) is 5.47. The van der Waals surface area contributed by atoms with Crippen LogP contribution >= 0.6 is 0 Å². The van der Waals surface area contributed by atoms with E-state index in [1.165, 1.54) is 22.3 Å². The van der Waals surface area contributed by atoms with Crippen LogP contribution in [0.25, 0.3) is 0 Å². The molecule has 41 heavy (non-hydrogen) atoms. The van der Waals surface area contributed by atoms with Gasteiger partial charge in [-0.2, -0.15) is 0 Å². The molecule has 1 N–H and O–H groups in total. The van der Waals surface area contributed by atoms with Crippen LogP contribution in [0.1, 0.15) is 95.4 Å². The minimum Gasteiger partial charge on any atom is -0.444 e. The van der Waals surface area contributed by atoms with Gasteiger partial charge in [0.15, 0.2) is 0 Å². The van der Waals surface area contributed by atoms with Crippen LogP contribution in [0.15, 0.2) is 48.5 Å². The number of ketones is 2. The highest BCUT2D eigenvalue weighted by molar-refractivity contribution is 5.76. The Morgan fingerprint density at radius 2 is 1.20 bits per heavy atom. The van der Waals surface area contributed by atoms with E-state index in [1.54, 1.807) is 18.7 Å². The lowest BCUT2D eigenvalue weighted by Gasteiger charge is -2.40. The summed E-state index contributed by atoms with van der Waals surface area (Å²) in [5, 5.41) is 3.29. The highest BCUT2D eigenvalue weighted by Crippen LogP contribution is 2.29. The predicted molar refractivity (Wildman–Crippen MR) is 165 cm³/mol. The maximum absolute atomic E-state index is 12.0. The summed E-state index contributed by atoms with van der Waals surface area (Å²) in [6.45, 7) is 16.9. The van der Waals surface area contributed by atoms with E-state index in [-0.39, 0.29) is 17.7 Å². The highest BCUT2D eigenvalue weighted by Gasteiger charge is 2.34. The lowest BCUT2D eigenvalue weighted by atomic mass is 9.89. The molecule has 0 spiro atoms. The number of nitrogens with one attached hydrogen (secondary N) is 1. The fraction of sp³-hybridized carbons (Fsp3) is 0.571. The van der Waals surface area contributed by atoms with Gasteiger partial charge in [0.25, 0.3) is 0 Å². The number of carbonyl (C=O) groups is 3. The van der Waals surface area contributed by atoms with Gasteiger partial charge in [0.05, 0.1) is 0 Å². The van der Waals surface area contributed by atoms with Gasteiger partial charge < -0.3 is 24.5 Å². The van der Waals surface area contributed by atoms with Crippen molar-refractivity contribution in [1.82, 2.24) is 10.2 Å². The van der Waals surface area contributed by atoms with Gasteiger partial charge in [-0.15, -0.1) is 0 Å². The van der Waals surface area contributed by atoms with Crippen molar-refractivity contribution < 1.29 is 19.1 Å². The van der Waals surface area contributed by atoms with Gasteiger partial charge in [-0.05, 0) is 81.5 Å². The van der Waals surface area contributed by atoms with E-state index in [1.807, 2.05) is 20.8 Å². The minimum absolute atomic E-state index is 0.228. The predicted octanol–water partition coefficient (Wildman–Crippen LogP) is 6.71. The summed E-state index contributed by atoms with van der Waals surface area (Å²) < 4.78 is 5.38. The molecule has 0 aromatic heterocycles. The topological polar surface area (TPSA) is 75.7 Å². The maximum atomic E-state index is 12.0. The summed E-state index contributed by atoms with van der Waals surface area (Å²) in [5.74, 6) is 2.45. The van der Waals surface area contributed by atoms with Gasteiger partial charge in [-0.3, -0.25) is 0 Å². The van der Waals surface area contributed by atoms with Crippen molar-refractivity contribution in [3.63, 3.8) is 0 Å². The molecule has 2 unspecified atom stereocenters. The number of ether oxygens (including phenoxy) is 1.